The number of aryl methyl sites for hydroxylation is 2. The van der Waals surface area contributed by atoms with Gasteiger partial charge in [-0.25, -0.2) is 0 Å². The fraction of sp³-hybridized carbons (Fsp3) is 0.368. The van der Waals surface area contributed by atoms with Crippen molar-refractivity contribution in [3.05, 3.63) is 58.7 Å². The average molecular weight is 312 g/mol. The number of rotatable bonds is 2. The molecule has 108 valence electrons. The predicted molar refractivity (Wildman–Crippen MR) is 98.1 cm³/mol. The van der Waals surface area contributed by atoms with Crippen molar-refractivity contribution in [1.82, 2.24) is 0 Å². The minimum Gasteiger partial charge on any atom is -0.0936 e. The molecule has 0 fully saturated rings. The third kappa shape index (κ3) is 2.03. The van der Waals surface area contributed by atoms with Crippen LogP contribution in [0.3, 0.4) is 0 Å². The minimum atomic E-state index is 0.343. The SMILES string of the molecule is CPc1ccc2c(c1)C1(CC2)CCc2ccc(PC)cc21. The van der Waals surface area contributed by atoms with Gasteiger partial charge in [0.25, 0.3) is 0 Å². The molecule has 2 unspecified atom stereocenters. The molecule has 21 heavy (non-hydrogen) atoms. The summed E-state index contributed by atoms with van der Waals surface area (Å²) in [6.45, 7) is 4.59. The molecule has 2 heteroatoms. The molecule has 0 heterocycles. The van der Waals surface area contributed by atoms with Crippen molar-refractivity contribution in [3.8, 4) is 0 Å². The summed E-state index contributed by atoms with van der Waals surface area (Å²) in [5, 5.41) is 3.05. The van der Waals surface area contributed by atoms with E-state index in [9.17, 15) is 0 Å². The lowest BCUT2D eigenvalue weighted by Crippen LogP contribution is -2.23. The van der Waals surface area contributed by atoms with Crippen LogP contribution in [0.25, 0.3) is 0 Å². The fourth-order valence-electron chi connectivity index (χ4n) is 4.30. The van der Waals surface area contributed by atoms with E-state index in [0.717, 1.165) is 17.2 Å². The zero-order valence-electron chi connectivity index (χ0n) is 12.8. The van der Waals surface area contributed by atoms with Crippen LogP contribution in [0.5, 0.6) is 0 Å². The first-order chi connectivity index (χ1) is 10.3. The molecule has 0 saturated carbocycles. The molecule has 2 aliphatic carbocycles. The Labute approximate surface area is 131 Å². The number of fused-ring (bicyclic) bond motifs is 4. The Kier molecular flexibility index (Phi) is 3.44. The van der Waals surface area contributed by atoms with E-state index in [1.165, 1.54) is 36.3 Å². The van der Waals surface area contributed by atoms with Crippen LogP contribution in [-0.2, 0) is 18.3 Å². The predicted octanol–water partition coefficient (Wildman–Crippen LogP) is 3.73. The van der Waals surface area contributed by atoms with Crippen molar-refractivity contribution < 1.29 is 0 Å². The van der Waals surface area contributed by atoms with Crippen molar-refractivity contribution in [3.63, 3.8) is 0 Å². The zero-order chi connectivity index (χ0) is 14.4. The van der Waals surface area contributed by atoms with Crippen LogP contribution < -0.4 is 10.6 Å². The zero-order valence-corrected chi connectivity index (χ0v) is 14.8. The van der Waals surface area contributed by atoms with E-state index in [1.807, 2.05) is 0 Å². The van der Waals surface area contributed by atoms with Gasteiger partial charge in [-0.1, -0.05) is 53.6 Å². The van der Waals surface area contributed by atoms with Gasteiger partial charge in [0, 0.05) is 5.41 Å². The van der Waals surface area contributed by atoms with E-state index in [-0.39, 0.29) is 0 Å². The second-order valence-electron chi connectivity index (χ2n) is 6.33. The van der Waals surface area contributed by atoms with Gasteiger partial charge in [-0.2, -0.15) is 0 Å². The molecule has 0 N–H and O–H groups in total. The van der Waals surface area contributed by atoms with Gasteiger partial charge in [-0.15, -0.1) is 0 Å². The summed E-state index contributed by atoms with van der Waals surface area (Å²) in [6.07, 6.45) is 5.17. The van der Waals surface area contributed by atoms with E-state index in [2.05, 4.69) is 49.7 Å². The summed E-state index contributed by atoms with van der Waals surface area (Å²) in [5.74, 6) is 0. The first kappa shape index (κ1) is 13.9. The van der Waals surface area contributed by atoms with Crippen molar-refractivity contribution in [2.24, 2.45) is 0 Å². The van der Waals surface area contributed by atoms with Gasteiger partial charge in [0.15, 0.2) is 0 Å². The molecule has 4 rings (SSSR count). The molecule has 1 spiro atoms. The maximum atomic E-state index is 2.52. The topological polar surface area (TPSA) is 0 Å². The molecule has 0 radical (unpaired) electrons. The van der Waals surface area contributed by atoms with Gasteiger partial charge < -0.3 is 0 Å². The Balaban J connectivity index is 1.90. The van der Waals surface area contributed by atoms with Gasteiger partial charge in [-0.3, -0.25) is 0 Å². The van der Waals surface area contributed by atoms with Crippen molar-refractivity contribution in [2.45, 2.75) is 31.1 Å². The Morgan fingerprint density at radius 3 is 1.67 bits per heavy atom. The number of benzene rings is 2. The molecule has 2 aromatic carbocycles. The molecule has 0 amide bonds. The van der Waals surface area contributed by atoms with E-state index >= 15 is 0 Å². The Hall–Kier alpha value is -0.700. The third-order valence-corrected chi connectivity index (χ3v) is 7.25. The Bertz CT molecular complexity index is 641. The van der Waals surface area contributed by atoms with Crippen LogP contribution in [-0.4, -0.2) is 13.3 Å². The van der Waals surface area contributed by atoms with Gasteiger partial charge in [0.05, 0.1) is 0 Å². The molecule has 2 aliphatic rings. The maximum absolute atomic E-state index is 2.52. The first-order valence-electron chi connectivity index (χ1n) is 7.89. The highest BCUT2D eigenvalue weighted by Crippen LogP contribution is 2.52. The molecule has 0 bridgehead atoms. The summed E-state index contributed by atoms with van der Waals surface area (Å²) < 4.78 is 0. The lowest BCUT2D eigenvalue weighted by molar-refractivity contribution is 0.508. The fourth-order valence-corrected chi connectivity index (χ4v) is 5.37. The molecule has 2 aromatic rings. The normalized spacial score (nSPS) is 23.7. The summed E-state index contributed by atoms with van der Waals surface area (Å²) in [5.41, 5.74) is 6.87. The van der Waals surface area contributed by atoms with E-state index in [0.29, 0.717) is 5.41 Å². The second-order valence-corrected chi connectivity index (χ2v) is 8.48. The largest absolute Gasteiger partial charge is 0.0936 e. The number of hydrogen-bond acceptors (Lipinski definition) is 0. The average Bonchev–Trinajstić information content (AvgIpc) is 3.10. The van der Waals surface area contributed by atoms with Crippen LogP contribution in [0.15, 0.2) is 36.4 Å². The highest BCUT2D eigenvalue weighted by Gasteiger charge is 2.44. The Morgan fingerprint density at radius 1 is 0.762 bits per heavy atom. The second kappa shape index (κ2) is 5.19. The molecular formula is C19H22P2. The highest BCUT2D eigenvalue weighted by molar-refractivity contribution is 7.46. The van der Waals surface area contributed by atoms with E-state index in [4.69, 9.17) is 0 Å². The molecule has 0 aromatic heterocycles. The van der Waals surface area contributed by atoms with Crippen LogP contribution in [0.1, 0.15) is 35.1 Å². The lowest BCUT2D eigenvalue weighted by atomic mass is 9.77. The lowest BCUT2D eigenvalue weighted by Gasteiger charge is -2.27. The summed E-state index contributed by atoms with van der Waals surface area (Å²) >= 11 is 0. The van der Waals surface area contributed by atoms with Crippen LogP contribution in [0.4, 0.5) is 0 Å². The smallest absolute Gasteiger partial charge is 0.0215 e. The van der Waals surface area contributed by atoms with Crippen molar-refractivity contribution in [1.29, 1.82) is 0 Å². The van der Waals surface area contributed by atoms with Gasteiger partial charge in [-0.05, 0) is 71.9 Å². The summed E-state index contributed by atoms with van der Waals surface area (Å²) in [7, 11) is 1.81. The quantitative estimate of drug-likeness (QED) is 0.741. The van der Waals surface area contributed by atoms with Crippen LogP contribution >= 0.6 is 17.2 Å². The van der Waals surface area contributed by atoms with Crippen LogP contribution in [0.2, 0.25) is 0 Å². The minimum absolute atomic E-state index is 0.343. The molecule has 2 atom stereocenters. The van der Waals surface area contributed by atoms with Crippen molar-refractivity contribution >= 4 is 27.8 Å². The molecule has 0 nitrogen and oxygen atoms in total. The Morgan fingerprint density at radius 2 is 1.24 bits per heavy atom. The first-order valence-corrected chi connectivity index (χ1v) is 10.9. The standard InChI is InChI=1S/C19H22P2/c1-20-15-5-3-13-7-9-19(17(13)11-15)10-8-14-4-6-16(21-2)12-18(14)19/h3-6,11-12,20-21H,7-10H2,1-2H3. The van der Waals surface area contributed by atoms with E-state index in [1.54, 1.807) is 22.3 Å². The van der Waals surface area contributed by atoms with E-state index < -0.39 is 0 Å². The van der Waals surface area contributed by atoms with Gasteiger partial charge >= 0.3 is 0 Å². The number of hydrogen-bond donors (Lipinski definition) is 0. The monoisotopic (exact) mass is 312 g/mol. The molecular weight excluding hydrogens is 290 g/mol. The third-order valence-electron chi connectivity index (χ3n) is 5.47. The molecule has 0 aliphatic heterocycles. The highest BCUT2D eigenvalue weighted by atomic mass is 31.1. The van der Waals surface area contributed by atoms with Gasteiger partial charge in [0.2, 0.25) is 0 Å². The van der Waals surface area contributed by atoms with Crippen molar-refractivity contribution in [2.75, 3.05) is 13.3 Å². The van der Waals surface area contributed by atoms with Gasteiger partial charge in [0.1, 0.15) is 0 Å². The summed E-state index contributed by atoms with van der Waals surface area (Å²) in [6, 6.07) is 14.5. The summed E-state index contributed by atoms with van der Waals surface area (Å²) in [4.78, 5) is 0. The maximum Gasteiger partial charge on any atom is 0.0215 e. The molecule has 0 saturated heterocycles. The van der Waals surface area contributed by atoms with Crippen LogP contribution in [0, 0.1) is 0 Å².